The Morgan fingerprint density at radius 1 is 0.889 bits per heavy atom. The Kier molecular flexibility index (Phi) is 2.99. The van der Waals surface area contributed by atoms with E-state index in [2.05, 4.69) is 0 Å². The highest BCUT2D eigenvalue weighted by Gasteiger charge is 2.17. The number of hydrogen-bond acceptors (Lipinski definition) is 0. The van der Waals surface area contributed by atoms with Gasteiger partial charge >= 0.3 is 11.3 Å². The maximum Gasteiger partial charge on any atom is 0.361 e. The first kappa shape index (κ1) is 11.2. The van der Waals surface area contributed by atoms with Crippen LogP contribution >= 0.6 is 11.6 Å². The number of halogens is 1. The minimum atomic E-state index is 0.483. The van der Waals surface area contributed by atoms with Gasteiger partial charge in [-0.1, -0.05) is 30.3 Å². The van der Waals surface area contributed by atoms with Crippen LogP contribution in [0.2, 0.25) is 0 Å². The molecule has 0 saturated heterocycles. The van der Waals surface area contributed by atoms with E-state index in [1.807, 2.05) is 60.7 Å². The number of fused-ring (bicyclic) bond motifs is 1. The molecule has 3 rings (SSSR count). The molecule has 1 nitrogen and oxygen atoms in total. The van der Waals surface area contributed by atoms with Gasteiger partial charge < -0.3 is 0 Å². The minimum Gasteiger partial charge on any atom is -0.207 e. The quantitative estimate of drug-likeness (QED) is 0.457. The van der Waals surface area contributed by atoms with Crippen LogP contribution in [0.4, 0.5) is 0 Å². The van der Waals surface area contributed by atoms with Gasteiger partial charge in [-0.05, 0) is 23.8 Å². The summed E-state index contributed by atoms with van der Waals surface area (Å²) in [6.45, 7) is 0. The molecule has 0 fully saturated rings. The zero-order valence-corrected chi connectivity index (χ0v) is 10.5. The van der Waals surface area contributed by atoms with E-state index in [4.69, 9.17) is 16.0 Å². The second kappa shape index (κ2) is 4.79. The molecule has 88 valence electrons. The van der Waals surface area contributed by atoms with Gasteiger partial charge in [0.15, 0.2) is 0 Å². The van der Waals surface area contributed by atoms with Crippen molar-refractivity contribution in [1.29, 1.82) is 0 Å². The predicted molar refractivity (Wildman–Crippen MR) is 75.6 cm³/mol. The normalized spacial score (nSPS) is 10.7. The molecule has 2 aromatic carbocycles. The predicted octanol–water partition coefficient (Wildman–Crippen LogP) is 5.12. The van der Waals surface area contributed by atoms with Gasteiger partial charge in [-0.2, -0.15) is 0 Å². The summed E-state index contributed by atoms with van der Waals surface area (Å²) < 4.78 is 5.93. The number of benzene rings is 2. The third-order valence-corrected chi connectivity index (χ3v) is 3.25. The lowest BCUT2D eigenvalue weighted by molar-refractivity contribution is 0.619. The first-order valence-electron chi connectivity index (χ1n) is 5.84. The molecule has 1 aromatic heterocycles. The molecule has 0 saturated carbocycles. The average Bonchev–Trinajstić information content (AvgIpc) is 2.47. The van der Waals surface area contributed by atoms with Gasteiger partial charge in [0.25, 0.3) is 0 Å². The van der Waals surface area contributed by atoms with Crippen molar-refractivity contribution < 1.29 is 4.42 Å². The van der Waals surface area contributed by atoms with Gasteiger partial charge in [-0.25, -0.2) is 4.42 Å². The van der Waals surface area contributed by atoms with Crippen molar-refractivity contribution in [1.82, 2.24) is 0 Å². The van der Waals surface area contributed by atoms with Crippen molar-refractivity contribution in [3.05, 3.63) is 66.2 Å². The van der Waals surface area contributed by atoms with Crippen molar-refractivity contribution >= 4 is 22.6 Å². The Morgan fingerprint density at radius 3 is 2.39 bits per heavy atom. The first-order chi connectivity index (χ1) is 8.88. The second-order valence-corrected chi connectivity index (χ2v) is 4.40. The summed E-state index contributed by atoms with van der Waals surface area (Å²) in [4.78, 5) is 0. The zero-order valence-electron chi connectivity index (χ0n) is 9.77. The molecule has 0 spiro atoms. The maximum absolute atomic E-state index is 6.02. The van der Waals surface area contributed by atoms with Crippen molar-refractivity contribution in [2.75, 3.05) is 0 Å². The lowest BCUT2D eigenvalue weighted by Crippen LogP contribution is -1.85. The Bertz CT molecular complexity index is 677. The number of rotatable bonds is 2. The monoisotopic (exact) mass is 255 g/mol. The lowest BCUT2D eigenvalue weighted by atomic mass is 10.1. The molecule has 0 radical (unpaired) electrons. The third-order valence-electron chi connectivity index (χ3n) is 2.96. The Morgan fingerprint density at radius 2 is 1.61 bits per heavy atom. The molecule has 0 bridgehead atoms. The van der Waals surface area contributed by atoms with Crippen LogP contribution in [-0.4, -0.2) is 0 Å². The summed E-state index contributed by atoms with van der Waals surface area (Å²) in [7, 11) is 0. The summed E-state index contributed by atoms with van der Waals surface area (Å²) >= 11 is 6.02. The molecular weight excluding hydrogens is 244 g/mol. The highest BCUT2D eigenvalue weighted by atomic mass is 35.5. The molecule has 0 unspecified atom stereocenters. The minimum absolute atomic E-state index is 0.483. The van der Waals surface area contributed by atoms with E-state index in [0.717, 1.165) is 27.9 Å². The van der Waals surface area contributed by atoms with Gasteiger partial charge in [-0.3, -0.25) is 0 Å². The Hall–Kier alpha value is -1.86. The SMILES string of the molecule is ClCc1cc(-c2ccccc2)[o+]c2ccccc12. The molecule has 3 aromatic rings. The van der Waals surface area contributed by atoms with E-state index in [1.54, 1.807) is 0 Å². The Labute approximate surface area is 111 Å². The fourth-order valence-electron chi connectivity index (χ4n) is 2.06. The zero-order chi connectivity index (χ0) is 12.4. The summed E-state index contributed by atoms with van der Waals surface area (Å²) in [5.74, 6) is 1.33. The molecule has 0 aliphatic rings. The summed E-state index contributed by atoms with van der Waals surface area (Å²) in [5.41, 5.74) is 3.03. The fraction of sp³-hybridized carbons (Fsp3) is 0.0625. The average molecular weight is 256 g/mol. The van der Waals surface area contributed by atoms with Crippen molar-refractivity contribution in [3.63, 3.8) is 0 Å². The van der Waals surface area contributed by atoms with Crippen LogP contribution in [0.5, 0.6) is 0 Å². The molecule has 0 aliphatic heterocycles. The topological polar surface area (TPSA) is 11.3 Å². The van der Waals surface area contributed by atoms with Crippen LogP contribution in [0.25, 0.3) is 22.3 Å². The van der Waals surface area contributed by atoms with E-state index < -0.39 is 0 Å². The molecule has 0 N–H and O–H groups in total. The summed E-state index contributed by atoms with van der Waals surface area (Å²) in [6, 6.07) is 20.0. The highest BCUT2D eigenvalue weighted by molar-refractivity contribution is 6.18. The van der Waals surface area contributed by atoms with E-state index in [0.29, 0.717) is 5.88 Å². The third kappa shape index (κ3) is 1.98. The van der Waals surface area contributed by atoms with Crippen LogP contribution in [-0.2, 0) is 5.88 Å². The number of hydrogen-bond donors (Lipinski definition) is 0. The van der Waals surface area contributed by atoms with E-state index in [1.165, 1.54) is 0 Å². The second-order valence-electron chi connectivity index (χ2n) is 4.13. The largest absolute Gasteiger partial charge is 0.361 e. The van der Waals surface area contributed by atoms with Crippen LogP contribution in [0.3, 0.4) is 0 Å². The lowest BCUT2D eigenvalue weighted by Gasteiger charge is -1.98. The molecule has 0 amide bonds. The molecule has 0 aliphatic carbocycles. The van der Waals surface area contributed by atoms with Gasteiger partial charge in [0.1, 0.15) is 0 Å². The van der Waals surface area contributed by atoms with Gasteiger partial charge in [0, 0.05) is 18.0 Å². The van der Waals surface area contributed by atoms with Crippen LogP contribution < -0.4 is 0 Å². The van der Waals surface area contributed by atoms with Gasteiger partial charge in [-0.15, -0.1) is 11.6 Å². The summed E-state index contributed by atoms with van der Waals surface area (Å²) in [5, 5.41) is 1.08. The van der Waals surface area contributed by atoms with Gasteiger partial charge in [0.05, 0.1) is 10.9 Å². The maximum atomic E-state index is 6.02. The smallest absolute Gasteiger partial charge is 0.207 e. The molecule has 2 heteroatoms. The van der Waals surface area contributed by atoms with E-state index >= 15 is 0 Å². The van der Waals surface area contributed by atoms with Crippen molar-refractivity contribution in [3.8, 4) is 11.3 Å². The molecule has 0 atom stereocenters. The van der Waals surface area contributed by atoms with E-state index in [9.17, 15) is 0 Å². The molecule has 18 heavy (non-hydrogen) atoms. The van der Waals surface area contributed by atoms with Crippen molar-refractivity contribution in [2.24, 2.45) is 0 Å². The molecular formula is C16H12ClO+. The van der Waals surface area contributed by atoms with Crippen LogP contribution in [0, 0.1) is 0 Å². The van der Waals surface area contributed by atoms with Crippen LogP contribution in [0.1, 0.15) is 5.56 Å². The standard InChI is InChI=1S/C16H12ClO/c17-11-13-10-16(12-6-2-1-3-7-12)18-15-9-5-4-8-14(13)15/h1-10H,11H2/q+1. The van der Waals surface area contributed by atoms with Crippen LogP contribution in [0.15, 0.2) is 65.1 Å². The molecule has 1 heterocycles. The number of para-hydroxylation sites is 1. The van der Waals surface area contributed by atoms with E-state index in [-0.39, 0.29) is 0 Å². The van der Waals surface area contributed by atoms with Crippen molar-refractivity contribution in [2.45, 2.75) is 5.88 Å². The van der Waals surface area contributed by atoms with Gasteiger partial charge in [0.2, 0.25) is 0 Å². The number of alkyl halides is 1. The highest BCUT2D eigenvalue weighted by Crippen LogP contribution is 2.28. The fourth-order valence-corrected chi connectivity index (χ4v) is 2.28. The summed E-state index contributed by atoms with van der Waals surface area (Å²) in [6.07, 6.45) is 0. The first-order valence-corrected chi connectivity index (χ1v) is 6.38. The Balaban J connectivity index is 2.26.